The van der Waals surface area contributed by atoms with Crippen LogP contribution in [0.5, 0.6) is 0 Å². The molecule has 21 heavy (non-hydrogen) atoms. The summed E-state index contributed by atoms with van der Waals surface area (Å²) in [7, 11) is 0. The second-order valence-electron chi connectivity index (χ2n) is 5.92. The van der Waals surface area contributed by atoms with Gasteiger partial charge in [0.1, 0.15) is 0 Å². The molecule has 0 saturated carbocycles. The van der Waals surface area contributed by atoms with Crippen LogP contribution in [0.25, 0.3) is 0 Å². The molecule has 0 N–H and O–H groups in total. The van der Waals surface area contributed by atoms with Crippen molar-refractivity contribution in [1.82, 2.24) is 0 Å². The minimum atomic E-state index is -1.07. The molecular formula is C15H20O6. The Labute approximate surface area is 123 Å². The summed E-state index contributed by atoms with van der Waals surface area (Å²) in [4.78, 5) is 31.3. The Bertz CT molecular complexity index is 515. The van der Waals surface area contributed by atoms with Crippen LogP contribution in [0, 0.1) is 19.3 Å². The van der Waals surface area contributed by atoms with Gasteiger partial charge in [-0.1, -0.05) is 26.8 Å². The van der Waals surface area contributed by atoms with Gasteiger partial charge in [-0.2, -0.15) is 0 Å². The number of aryl methyl sites for hydroxylation is 2. The molecule has 0 aliphatic rings. The fraction of sp³-hybridized carbons (Fsp3) is 0.467. The predicted octanol–water partition coefficient (Wildman–Crippen LogP) is 3.51. The van der Waals surface area contributed by atoms with E-state index in [0.29, 0.717) is 5.56 Å². The average Bonchev–Trinajstić information content (AvgIpc) is 2.38. The average molecular weight is 296 g/mol. The first-order valence-corrected chi connectivity index (χ1v) is 6.48. The summed E-state index contributed by atoms with van der Waals surface area (Å²) in [5.41, 5.74) is 2.09. The van der Waals surface area contributed by atoms with E-state index >= 15 is 0 Å². The van der Waals surface area contributed by atoms with E-state index in [1.165, 1.54) is 0 Å². The van der Waals surface area contributed by atoms with Crippen LogP contribution in [0.1, 0.15) is 42.3 Å². The number of carbonyl (C=O) groups excluding carboxylic acids is 2. The Morgan fingerprint density at radius 1 is 1.05 bits per heavy atom. The third-order valence-corrected chi connectivity index (χ3v) is 2.58. The second kappa shape index (κ2) is 7.08. The van der Waals surface area contributed by atoms with E-state index in [1.807, 2.05) is 34.6 Å². The lowest BCUT2D eigenvalue weighted by atomic mass is 9.99. The van der Waals surface area contributed by atoms with Crippen LogP contribution in [0.2, 0.25) is 0 Å². The standard InChI is InChI=1S/C15H20O6/c1-10-6-7-12(8-11(10)2)13(16)19-21-20-14(17)18-9-15(3,4)5/h6-8H,9H2,1-5H3. The van der Waals surface area contributed by atoms with Gasteiger partial charge in [-0.15, -0.1) is 0 Å². The summed E-state index contributed by atoms with van der Waals surface area (Å²) in [6, 6.07) is 5.02. The Morgan fingerprint density at radius 2 is 1.71 bits per heavy atom. The molecule has 6 heteroatoms. The normalized spacial score (nSPS) is 10.9. The molecule has 0 atom stereocenters. The fourth-order valence-corrected chi connectivity index (χ4v) is 1.29. The van der Waals surface area contributed by atoms with Crippen molar-refractivity contribution >= 4 is 12.1 Å². The molecule has 1 rings (SSSR count). The molecule has 0 bridgehead atoms. The quantitative estimate of drug-likeness (QED) is 0.481. The lowest BCUT2D eigenvalue weighted by Gasteiger charge is -2.16. The van der Waals surface area contributed by atoms with Crippen LogP contribution in [0.3, 0.4) is 0 Å². The highest BCUT2D eigenvalue weighted by molar-refractivity contribution is 5.89. The molecule has 116 valence electrons. The monoisotopic (exact) mass is 296 g/mol. The largest absolute Gasteiger partial charge is 0.543 e. The number of benzene rings is 1. The van der Waals surface area contributed by atoms with Crippen LogP contribution in [-0.2, 0) is 19.6 Å². The van der Waals surface area contributed by atoms with E-state index < -0.39 is 12.1 Å². The van der Waals surface area contributed by atoms with Gasteiger partial charge in [0, 0.05) is 0 Å². The topological polar surface area (TPSA) is 71.1 Å². The van der Waals surface area contributed by atoms with E-state index in [4.69, 9.17) is 4.74 Å². The van der Waals surface area contributed by atoms with Crippen molar-refractivity contribution in [2.75, 3.05) is 6.61 Å². The first-order valence-electron chi connectivity index (χ1n) is 6.48. The van der Waals surface area contributed by atoms with Crippen LogP contribution < -0.4 is 0 Å². The minimum absolute atomic E-state index is 0.153. The Balaban J connectivity index is 2.36. The van der Waals surface area contributed by atoms with Gasteiger partial charge in [0.25, 0.3) is 0 Å². The number of hydrogen-bond donors (Lipinski definition) is 0. The molecular weight excluding hydrogens is 276 g/mol. The van der Waals surface area contributed by atoms with Crippen molar-refractivity contribution in [2.45, 2.75) is 34.6 Å². The summed E-state index contributed by atoms with van der Waals surface area (Å²) in [5.74, 6) is -0.762. The molecule has 0 aliphatic carbocycles. The zero-order valence-electron chi connectivity index (χ0n) is 12.9. The Kier molecular flexibility index (Phi) is 5.72. The number of rotatable bonds is 4. The maximum atomic E-state index is 11.6. The van der Waals surface area contributed by atoms with E-state index in [0.717, 1.165) is 11.1 Å². The predicted molar refractivity (Wildman–Crippen MR) is 74.3 cm³/mol. The second-order valence-corrected chi connectivity index (χ2v) is 5.92. The molecule has 0 radical (unpaired) electrons. The molecule has 6 nitrogen and oxygen atoms in total. The van der Waals surface area contributed by atoms with Gasteiger partial charge in [-0.25, -0.2) is 14.5 Å². The van der Waals surface area contributed by atoms with Crippen LogP contribution in [0.15, 0.2) is 18.2 Å². The number of ether oxygens (including phenoxy) is 1. The summed E-state index contributed by atoms with van der Waals surface area (Å²) in [6.45, 7) is 9.62. The number of carbonyl (C=O) groups is 2. The highest BCUT2D eigenvalue weighted by Gasteiger charge is 2.16. The van der Waals surface area contributed by atoms with Crippen molar-refractivity contribution in [1.29, 1.82) is 0 Å². The summed E-state index contributed by atoms with van der Waals surface area (Å²) in [6.07, 6.45) is -1.07. The van der Waals surface area contributed by atoms with Crippen LogP contribution >= 0.6 is 0 Å². The summed E-state index contributed by atoms with van der Waals surface area (Å²) < 4.78 is 4.75. The van der Waals surface area contributed by atoms with Gasteiger partial charge < -0.3 is 4.74 Å². The zero-order valence-corrected chi connectivity index (χ0v) is 12.9. The fourth-order valence-electron chi connectivity index (χ4n) is 1.29. The highest BCUT2D eigenvalue weighted by Crippen LogP contribution is 2.13. The van der Waals surface area contributed by atoms with Gasteiger partial charge in [-0.05, 0) is 42.5 Å². The van der Waals surface area contributed by atoms with Crippen molar-refractivity contribution in [3.8, 4) is 0 Å². The molecule has 0 fully saturated rings. The molecule has 0 heterocycles. The lowest BCUT2D eigenvalue weighted by molar-refractivity contribution is -0.452. The van der Waals surface area contributed by atoms with Gasteiger partial charge in [0.15, 0.2) is 0 Å². The molecule has 0 saturated heterocycles. The SMILES string of the molecule is Cc1ccc(C(=O)OOOC(=O)OCC(C)(C)C)cc1C. The van der Waals surface area contributed by atoms with Crippen molar-refractivity contribution in [3.05, 3.63) is 34.9 Å². The highest BCUT2D eigenvalue weighted by atomic mass is 17.5. The minimum Gasteiger partial charge on any atom is -0.432 e. The first-order chi connectivity index (χ1) is 9.69. The molecule has 0 unspecified atom stereocenters. The molecule has 0 amide bonds. The maximum absolute atomic E-state index is 11.6. The van der Waals surface area contributed by atoms with Gasteiger partial charge in [0.2, 0.25) is 0 Å². The lowest BCUT2D eigenvalue weighted by Crippen LogP contribution is -2.19. The summed E-state index contributed by atoms with van der Waals surface area (Å²) in [5, 5.41) is 4.12. The molecule has 0 aromatic heterocycles. The van der Waals surface area contributed by atoms with Crippen molar-refractivity contribution in [3.63, 3.8) is 0 Å². The van der Waals surface area contributed by atoms with Crippen molar-refractivity contribution < 1.29 is 29.1 Å². The zero-order chi connectivity index (χ0) is 16.0. The third kappa shape index (κ3) is 6.27. The molecule has 1 aromatic rings. The van der Waals surface area contributed by atoms with Crippen LogP contribution in [0.4, 0.5) is 4.79 Å². The molecule has 1 aromatic carbocycles. The molecule has 0 spiro atoms. The van der Waals surface area contributed by atoms with Gasteiger partial charge in [-0.3, -0.25) is 4.89 Å². The Hall–Kier alpha value is -2.08. The molecule has 0 aliphatic heterocycles. The Morgan fingerprint density at radius 3 is 2.29 bits per heavy atom. The maximum Gasteiger partial charge on any atom is 0.543 e. The third-order valence-electron chi connectivity index (χ3n) is 2.58. The van der Waals surface area contributed by atoms with Gasteiger partial charge >= 0.3 is 12.1 Å². The van der Waals surface area contributed by atoms with E-state index in [1.54, 1.807) is 18.2 Å². The van der Waals surface area contributed by atoms with E-state index in [9.17, 15) is 9.59 Å². The van der Waals surface area contributed by atoms with Crippen molar-refractivity contribution in [2.24, 2.45) is 5.41 Å². The smallest absolute Gasteiger partial charge is 0.432 e. The first kappa shape index (κ1) is 17.0. The van der Waals surface area contributed by atoms with E-state index in [-0.39, 0.29) is 12.0 Å². The number of hydrogen-bond acceptors (Lipinski definition) is 6. The van der Waals surface area contributed by atoms with E-state index in [2.05, 4.69) is 14.8 Å². The van der Waals surface area contributed by atoms with Crippen LogP contribution in [-0.4, -0.2) is 18.7 Å². The van der Waals surface area contributed by atoms with Gasteiger partial charge in [0.05, 0.1) is 17.2 Å². The summed E-state index contributed by atoms with van der Waals surface area (Å²) >= 11 is 0.